The number of ether oxygens (including phenoxy) is 1. The zero-order valence-electron chi connectivity index (χ0n) is 17.8. The van der Waals surface area contributed by atoms with Gasteiger partial charge in [-0.15, -0.1) is 0 Å². The number of piperazine rings is 1. The molecule has 0 unspecified atom stereocenters. The molecule has 2 aliphatic heterocycles. The Hall–Kier alpha value is -3.13. The van der Waals surface area contributed by atoms with Crippen LogP contribution < -0.4 is 10.2 Å². The van der Waals surface area contributed by atoms with Crippen molar-refractivity contribution in [3.63, 3.8) is 0 Å². The number of nitro groups is 1. The minimum Gasteiger partial charge on any atom is -0.377 e. The van der Waals surface area contributed by atoms with Crippen molar-refractivity contribution in [2.45, 2.75) is 25.9 Å². The number of nitrogens with zero attached hydrogens (tertiary/aromatic N) is 3. The predicted octanol–water partition coefficient (Wildman–Crippen LogP) is 3.46. The molecule has 2 fully saturated rings. The van der Waals surface area contributed by atoms with Crippen molar-refractivity contribution in [1.29, 1.82) is 0 Å². The summed E-state index contributed by atoms with van der Waals surface area (Å²) in [5, 5.41) is 14.7. The highest BCUT2D eigenvalue weighted by Crippen LogP contribution is 2.31. The molecule has 31 heavy (non-hydrogen) atoms. The minimum absolute atomic E-state index is 0.0559. The Morgan fingerprint density at radius 2 is 1.97 bits per heavy atom. The van der Waals surface area contributed by atoms with Crippen LogP contribution in [0.3, 0.4) is 0 Å². The number of hydrogen-bond acceptors (Lipinski definition) is 6. The van der Waals surface area contributed by atoms with E-state index in [1.807, 2.05) is 42.2 Å². The summed E-state index contributed by atoms with van der Waals surface area (Å²) in [7, 11) is 0. The smallest absolute Gasteiger partial charge is 0.292 e. The molecule has 4 rings (SSSR count). The van der Waals surface area contributed by atoms with Gasteiger partial charge in [0, 0.05) is 56.6 Å². The summed E-state index contributed by atoms with van der Waals surface area (Å²) in [5.74, 6) is 0.0559. The van der Waals surface area contributed by atoms with Crippen molar-refractivity contribution in [3.8, 4) is 0 Å². The number of aryl methyl sites for hydroxylation is 1. The molecule has 8 nitrogen and oxygen atoms in total. The van der Waals surface area contributed by atoms with Crippen LogP contribution in [-0.4, -0.2) is 61.2 Å². The van der Waals surface area contributed by atoms with Crippen molar-refractivity contribution >= 4 is 23.0 Å². The SMILES string of the molecule is Cc1ccccc1C(=O)N1CCN(c2ccc([N+](=O)[O-])c(NC[C@H]3CCCO3)c2)CC1. The Morgan fingerprint density at radius 3 is 2.65 bits per heavy atom. The number of hydrogen-bond donors (Lipinski definition) is 1. The molecule has 1 N–H and O–H groups in total. The van der Waals surface area contributed by atoms with Gasteiger partial charge in [0.05, 0.1) is 11.0 Å². The lowest BCUT2D eigenvalue weighted by Gasteiger charge is -2.36. The van der Waals surface area contributed by atoms with Crippen molar-refractivity contribution < 1.29 is 14.5 Å². The number of benzene rings is 2. The normalized spacial score (nSPS) is 18.8. The second-order valence-corrected chi connectivity index (χ2v) is 8.07. The number of anilines is 2. The summed E-state index contributed by atoms with van der Waals surface area (Å²) in [6, 6.07) is 12.8. The van der Waals surface area contributed by atoms with Gasteiger partial charge in [0.15, 0.2) is 0 Å². The molecule has 0 saturated carbocycles. The first-order valence-electron chi connectivity index (χ1n) is 10.8. The Morgan fingerprint density at radius 1 is 1.19 bits per heavy atom. The van der Waals surface area contributed by atoms with E-state index in [4.69, 9.17) is 4.74 Å². The van der Waals surface area contributed by atoms with E-state index in [9.17, 15) is 14.9 Å². The number of carbonyl (C=O) groups excluding carboxylic acids is 1. The molecule has 0 aliphatic carbocycles. The number of nitrogens with one attached hydrogen (secondary N) is 1. The van der Waals surface area contributed by atoms with Gasteiger partial charge in [-0.05, 0) is 43.5 Å². The highest BCUT2D eigenvalue weighted by atomic mass is 16.6. The summed E-state index contributed by atoms with van der Waals surface area (Å²) < 4.78 is 5.62. The summed E-state index contributed by atoms with van der Waals surface area (Å²) in [5.41, 5.74) is 3.22. The van der Waals surface area contributed by atoms with Crippen LogP contribution in [0.4, 0.5) is 17.1 Å². The maximum Gasteiger partial charge on any atom is 0.292 e. The maximum atomic E-state index is 12.9. The molecule has 0 bridgehead atoms. The molecule has 0 radical (unpaired) electrons. The maximum absolute atomic E-state index is 12.9. The third-order valence-corrected chi connectivity index (χ3v) is 6.03. The topological polar surface area (TPSA) is 88.0 Å². The quantitative estimate of drug-likeness (QED) is 0.564. The van der Waals surface area contributed by atoms with Gasteiger partial charge >= 0.3 is 0 Å². The summed E-state index contributed by atoms with van der Waals surface area (Å²) in [6.45, 7) is 5.85. The van der Waals surface area contributed by atoms with Crippen LogP contribution in [0.2, 0.25) is 0 Å². The lowest BCUT2D eigenvalue weighted by Crippen LogP contribution is -2.49. The lowest BCUT2D eigenvalue weighted by atomic mass is 10.1. The van der Waals surface area contributed by atoms with Crippen LogP contribution in [0.1, 0.15) is 28.8 Å². The zero-order chi connectivity index (χ0) is 21.8. The molecular formula is C23H28N4O4. The van der Waals surface area contributed by atoms with Crippen molar-refractivity contribution in [1.82, 2.24) is 4.90 Å². The van der Waals surface area contributed by atoms with E-state index in [2.05, 4.69) is 10.2 Å². The van der Waals surface area contributed by atoms with Gasteiger partial charge in [0.2, 0.25) is 0 Å². The highest BCUT2D eigenvalue weighted by Gasteiger charge is 2.25. The molecule has 2 heterocycles. The Bertz CT molecular complexity index is 950. The Balaban J connectivity index is 1.42. The second kappa shape index (κ2) is 9.34. The predicted molar refractivity (Wildman–Crippen MR) is 120 cm³/mol. The molecule has 2 aromatic rings. The van der Waals surface area contributed by atoms with Crippen molar-refractivity contribution in [3.05, 3.63) is 63.7 Å². The van der Waals surface area contributed by atoms with Crippen LogP contribution in [0.15, 0.2) is 42.5 Å². The van der Waals surface area contributed by atoms with Gasteiger partial charge in [-0.1, -0.05) is 18.2 Å². The number of carbonyl (C=O) groups is 1. The molecule has 1 amide bonds. The first-order valence-corrected chi connectivity index (χ1v) is 10.8. The van der Waals surface area contributed by atoms with Crippen LogP contribution in [0.5, 0.6) is 0 Å². The average molecular weight is 425 g/mol. The largest absolute Gasteiger partial charge is 0.377 e. The molecule has 1 atom stereocenters. The lowest BCUT2D eigenvalue weighted by molar-refractivity contribution is -0.383. The summed E-state index contributed by atoms with van der Waals surface area (Å²) in [4.78, 5) is 28.0. The van der Waals surface area contributed by atoms with Crippen molar-refractivity contribution in [2.24, 2.45) is 0 Å². The van der Waals surface area contributed by atoms with Crippen LogP contribution in [0, 0.1) is 17.0 Å². The van der Waals surface area contributed by atoms with Crippen LogP contribution in [-0.2, 0) is 4.74 Å². The first-order chi connectivity index (χ1) is 15.0. The fourth-order valence-electron chi connectivity index (χ4n) is 4.20. The van der Waals surface area contributed by atoms with Gasteiger partial charge in [-0.25, -0.2) is 0 Å². The molecule has 8 heteroatoms. The molecule has 2 aliphatic rings. The first kappa shape index (κ1) is 21.1. The van der Waals surface area contributed by atoms with Gasteiger partial charge in [0.1, 0.15) is 5.69 Å². The van der Waals surface area contributed by atoms with E-state index in [0.29, 0.717) is 38.4 Å². The van der Waals surface area contributed by atoms with E-state index >= 15 is 0 Å². The van der Waals surface area contributed by atoms with Gasteiger partial charge in [-0.2, -0.15) is 0 Å². The number of amides is 1. The fourth-order valence-corrected chi connectivity index (χ4v) is 4.20. The van der Waals surface area contributed by atoms with Crippen LogP contribution >= 0.6 is 0 Å². The average Bonchev–Trinajstić information content (AvgIpc) is 3.31. The Labute approximate surface area is 181 Å². The fraction of sp³-hybridized carbons (Fsp3) is 0.435. The molecule has 2 saturated heterocycles. The summed E-state index contributed by atoms with van der Waals surface area (Å²) >= 11 is 0. The zero-order valence-corrected chi connectivity index (χ0v) is 17.8. The van der Waals surface area contributed by atoms with Crippen molar-refractivity contribution in [2.75, 3.05) is 49.5 Å². The molecular weight excluding hydrogens is 396 g/mol. The molecule has 164 valence electrons. The van der Waals surface area contributed by atoms with E-state index < -0.39 is 0 Å². The molecule has 0 aromatic heterocycles. The van der Waals surface area contributed by atoms with E-state index in [0.717, 1.165) is 36.3 Å². The van der Waals surface area contributed by atoms with Crippen LogP contribution in [0.25, 0.3) is 0 Å². The van der Waals surface area contributed by atoms with E-state index in [-0.39, 0.29) is 22.6 Å². The van der Waals surface area contributed by atoms with E-state index in [1.54, 1.807) is 12.1 Å². The highest BCUT2D eigenvalue weighted by molar-refractivity contribution is 5.95. The standard InChI is InChI=1S/C23H28N4O4/c1-17-5-2-3-7-20(17)23(28)26-12-10-25(11-13-26)18-8-9-22(27(29)30)21(15-18)24-16-19-6-4-14-31-19/h2-3,5,7-9,15,19,24H,4,6,10-14,16H2,1H3/t19-/m1/s1. The van der Waals surface area contributed by atoms with Gasteiger partial charge < -0.3 is 19.9 Å². The van der Waals surface area contributed by atoms with Gasteiger partial charge in [-0.3, -0.25) is 14.9 Å². The van der Waals surface area contributed by atoms with Gasteiger partial charge in [0.25, 0.3) is 11.6 Å². The monoisotopic (exact) mass is 424 g/mol. The molecule has 2 aromatic carbocycles. The number of rotatable bonds is 6. The third kappa shape index (κ3) is 4.80. The third-order valence-electron chi connectivity index (χ3n) is 6.03. The second-order valence-electron chi connectivity index (χ2n) is 8.07. The van der Waals surface area contributed by atoms with E-state index in [1.165, 1.54) is 0 Å². The molecule has 0 spiro atoms. The number of nitro benzene ring substituents is 1. The summed E-state index contributed by atoms with van der Waals surface area (Å²) in [6.07, 6.45) is 2.09. The minimum atomic E-state index is -0.361. The Kier molecular flexibility index (Phi) is 6.36.